The van der Waals surface area contributed by atoms with E-state index in [1.807, 2.05) is 60.7 Å². The van der Waals surface area contributed by atoms with E-state index in [0.29, 0.717) is 40.9 Å². The summed E-state index contributed by atoms with van der Waals surface area (Å²) in [5.74, 6) is 1.68. The summed E-state index contributed by atoms with van der Waals surface area (Å²) in [6, 6.07) is 22.2. The number of carbonyl (C=O) groups is 1. The van der Waals surface area contributed by atoms with E-state index >= 15 is 0 Å². The Kier molecular flexibility index (Phi) is 6.98. The highest BCUT2D eigenvalue weighted by Crippen LogP contribution is 2.38. The fourth-order valence-corrected chi connectivity index (χ4v) is 3.99. The highest BCUT2D eigenvalue weighted by atomic mass is 16.5. The Bertz CT molecular complexity index is 1240. The van der Waals surface area contributed by atoms with Gasteiger partial charge in [-0.25, -0.2) is 0 Å². The number of fused-ring (bicyclic) bond motifs is 1. The molecule has 1 heterocycles. The van der Waals surface area contributed by atoms with E-state index in [1.165, 1.54) is 0 Å². The second-order valence-corrected chi connectivity index (χ2v) is 8.60. The molecular formula is C29H27NO4. The molecule has 0 aromatic heterocycles. The fourth-order valence-electron chi connectivity index (χ4n) is 3.99. The monoisotopic (exact) mass is 453 g/mol. The van der Waals surface area contributed by atoms with Crippen molar-refractivity contribution >= 4 is 11.9 Å². The minimum absolute atomic E-state index is 0.0110. The van der Waals surface area contributed by atoms with Gasteiger partial charge in [0.2, 0.25) is 0 Å². The molecule has 1 aliphatic heterocycles. The van der Waals surface area contributed by atoms with Gasteiger partial charge in [-0.3, -0.25) is 4.79 Å². The summed E-state index contributed by atoms with van der Waals surface area (Å²) in [5.41, 5.74) is 2.75. The predicted molar refractivity (Wildman–Crippen MR) is 131 cm³/mol. The van der Waals surface area contributed by atoms with E-state index in [0.717, 1.165) is 11.1 Å². The fraction of sp³-hybridized carbons (Fsp3) is 0.241. The molecule has 172 valence electrons. The molecule has 5 nitrogen and oxygen atoms in total. The molecule has 3 aromatic rings. The number of Topliss-reactive ketones (excluding diaryl/α,β-unsaturated/α-hetero) is 1. The molecular weight excluding hydrogens is 426 g/mol. The summed E-state index contributed by atoms with van der Waals surface area (Å²) < 4.78 is 17.9. The third kappa shape index (κ3) is 4.82. The van der Waals surface area contributed by atoms with Crippen LogP contribution in [0.2, 0.25) is 0 Å². The van der Waals surface area contributed by atoms with Crippen molar-refractivity contribution in [3.8, 4) is 23.3 Å². The van der Waals surface area contributed by atoms with Crippen LogP contribution < -0.4 is 14.2 Å². The van der Waals surface area contributed by atoms with Gasteiger partial charge in [-0.1, -0.05) is 56.3 Å². The van der Waals surface area contributed by atoms with Crippen LogP contribution in [0.5, 0.6) is 17.2 Å². The highest BCUT2D eigenvalue weighted by molar-refractivity contribution is 6.04. The summed E-state index contributed by atoms with van der Waals surface area (Å²) in [7, 11) is 1.62. The van der Waals surface area contributed by atoms with Crippen molar-refractivity contribution in [1.82, 2.24) is 0 Å². The van der Waals surface area contributed by atoms with Gasteiger partial charge in [-0.2, -0.15) is 5.26 Å². The third-order valence-electron chi connectivity index (χ3n) is 5.68. The van der Waals surface area contributed by atoms with Gasteiger partial charge in [0.05, 0.1) is 36.8 Å². The number of para-hydroxylation sites is 2. The maximum atomic E-state index is 13.5. The van der Waals surface area contributed by atoms with Crippen molar-refractivity contribution in [3.05, 3.63) is 95.1 Å². The Morgan fingerprint density at radius 3 is 2.53 bits per heavy atom. The molecule has 1 aliphatic rings. The first-order chi connectivity index (χ1) is 16.5. The minimum atomic E-state index is -0.537. The normalized spacial score (nSPS) is 17.2. The molecule has 2 unspecified atom stereocenters. The number of ketones is 1. The summed E-state index contributed by atoms with van der Waals surface area (Å²) in [5, 5.41) is 9.16. The number of hydrogen-bond donors (Lipinski definition) is 0. The van der Waals surface area contributed by atoms with Crippen LogP contribution in [0.3, 0.4) is 0 Å². The maximum Gasteiger partial charge on any atom is 0.178 e. The van der Waals surface area contributed by atoms with Crippen molar-refractivity contribution in [1.29, 1.82) is 5.26 Å². The number of nitriles is 1. The molecule has 0 fully saturated rings. The molecule has 0 saturated heterocycles. The van der Waals surface area contributed by atoms with Crippen molar-refractivity contribution in [2.75, 3.05) is 13.7 Å². The molecule has 3 aromatic carbocycles. The Labute approximate surface area is 200 Å². The zero-order valence-electron chi connectivity index (χ0n) is 19.5. The van der Waals surface area contributed by atoms with Crippen LogP contribution in [-0.4, -0.2) is 25.6 Å². The number of rotatable bonds is 7. The van der Waals surface area contributed by atoms with Gasteiger partial charge < -0.3 is 14.2 Å². The smallest absolute Gasteiger partial charge is 0.178 e. The first-order valence-electron chi connectivity index (χ1n) is 11.3. The lowest BCUT2D eigenvalue weighted by atomic mass is 9.83. The zero-order valence-corrected chi connectivity index (χ0v) is 19.5. The molecule has 0 aliphatic carbocycles. The molecule has 0 amide bonds. The van der Waals surface area contributed by atoms with Gasteiger partial charge in [-0.15, -0.1) is 0 Å². The van der Waals surface area contributed by atoms with Crippen LogP contribution in [0, 0.1) is 17.2 Å². The first-order valence-corrected chi connectivity index (χ1v) is 11.3. The lowest BCUT2D eigenvalue weighted by Gasteiger charge is -2.31. The molecule has 0 N–H and O–H groups in total. The molecule has 0 radical (unpaired) electrons. The number of ether oxygens (including phenoxy) is 3. The van der Waals surface area contributed by atoms with Gasteiger partial charge >= 0.3 is 0 Å². The van der Waals surface area contributed by atoms with E-state index in [4.69, 9.17) is 19.5 Å². The van der Waals surface area contributed by atoms with Crippen molar-refractivity contribution in [2.45, 2.75) is 25.9 Å². The molecule has 4 rings (SSSR count). The SMILES string of the molecule is COc1cccc(/C=C/C2Oc3ccccc3C(=O)C2c2ccc(C#N)cc2)c1OCC(C)C. The topological polar surface area (TPSA) is 68.5 Å². The maximum absolute atomic E-state index is 13.5. The summed E-state index contributed by atoms with van der Waals surface area (Å²) in [4.78, 5) is 13.5. The van der Waals surface area contributed by atoms with Crippen LogP contribution in [0.4, 0.5) is 0 Å². The summed E-state index contributed by atoms with van der Waals surface area (Å²) in [6.45, 7) is 4.74. The molecule has 0 spiro atoms. The molecule has 0 saturated carbocycles. The van der Waals surface area contributed by atoms with Crippen LogP contribution in [-0.2, 0) is 0 Å². The standard InChI is InChI=1S/C29H27NO4/c1-19(2)18-33-29-22(7-6-10-26(29)32-3)15-16-25-27(21-13-11-20(17-30)12-14-21)28(31)23-8-4-5-9-24(23)34-25/h4-16,19,25,27H,18H2,1-3H3/b16-15+. The highest BCUT2D eigenvalue weighted by Gasteiger charge is 2.37. The van der Waals surface area contributed by atoms with Crippen molar-refractivity contribution in [2.24, 2.45) is 5.92 Å². The second-order valence-electron chi connectivity index (χ2n) is 8.60. The lowest BCUT2D eigenvalue weighted by molar-refractivity contribution is 0.0842. The van der Waals surface area contributed by atoms with E-state index in [9.17, 15) is 4.79 Å². The Morgan fingerprint density at radius 2 is 1.82 bits per heavy atom. The van der Waals surface area contributed by atoms with Crippen LogP contribution >= 0.6 is 0 Å². The van der Waals surface area contributed by atoms with E-state index in [2.05, 4.69) is 19.9 Å². The zero-order chi connectivity index (χ0) is 24.1. The van der Waals surface area contributed by atoms with E-state index < -0.39 is 12.0 Å². The summed E-state index contributed by atoms with van der Waals surface area (Å²) >= 11 is 0. The first kappa shape index (κ1) is 23.1. The van der Waals surface area contributed by atoms with E-state index in [-0.39, 0.29) is 5.78 Å². The van der Waals surface area contributed by atoms with Gasteiger partial charge in [0.15, 0.2) is 17.3 Å². The van der Waals surface area contributed by atoms with Gasteiger partial charge in [0.25, 0.3) is 0 Å². The van der Waals surface area contributed by atoms with Gasteiger partial charge in [0, 0.05) is 5.56 Å². The number of carbonyl (C=O) groups excluding carboxylic acids is 1. The van der Waals surface area contributed by atoms with Crippen LogP contribution in [0.25, 0.3) is 6.08 Å². The number of benzene rings is 3. The average molecular weight is 454 g/mol. The van der Waals surface area contributed by atoms with Crippen molar-refractivity contribution in [3.63, 3.8) is 0 Å². The molecule has 0 bridgehead atoms. The van der Waals surface area contributed by atoms with Gasteiger partial charge in [-0.05, 0) is 47.9 Å². The largest absolute Gasteiger partial charge is 0.493 e. The lowest BCUT2D eigenvalue weighted by Crippen LogP contribution is -2.34. The Balaban J connectivity index is 1.73. The summed E-state index contributed by atoms with van der Waals surface area (Å²) in [6.07, 6.45) is 3.29. The quantitative estimate of drug-likeness (QED) is 0.436. The number of methoxy groups -OCH3 is 1. The molecule has 5 heteroatoms. The van der Waals surface area contributed by atoms with Gasteiger partial charge in [0.1, 0.15) is 11.9 Å². The third-order valence-corrected chi connectivity index (χ3v) is 5.68. The Morgan fingerprint density at radius 1 is 1.06 bits per heavy atom. The predicted octanol–water partition coefficient (Wildman–Crippen LogP) is 6.04. The molecule has 2 atom stereocenters. The average Bonchev–Trinajstić information content (AvgIpc) is 2.86. The number of hydrogen-bond acceptors (Lipinski definition) is 5. The number of nitrogens with zero attached hydrogens (tertiary/aromatic N) is 1. The molecule has 34 heavy (non-hydrogen) atoms. The minimum Gasteiger partial charge on any atom is -0.493 e. The van der Waals surface area contributed by atoms with Crippen LogP contribution in [0.15, 0.2) is 72.8 Å². The van der Waals surface area contributed by atoms with E-state index in [1.54, 1.807) is 25.3 Å². The second kappa shape index (κ2) is 10.3. The van der Waals surface area contributed by atoms with Crippen molar-refractivity contribution < 1.29 is 19.0 Å². The Hall–Kier alpha value is -4.04. The van der Waals surface area contributed by atoms with Crippen LogP contribution in [0.1, 0.15) is 46.8 Å².